The molecule has 3 nitrogen and oxygen atoms in total. The summed E-state index contributed by atoms with van der Waals surface area (Å²) in [6.07, 6.45) is 2.64. The van der Waals surface area contributed by atoms with Crippen molar-refractivity contribution < 1.29 is 15.0 Å². The molecule has 0 aromatic heterocycles. The maximum Gasteiger partial charge on any atom is 0.300 e. The second-order valence-corrected chi connectivity index (χ2v) is 2.57. The molecule has 0 aromatic rings. The zero-order chi connectivity index (χ0) is 9.98. The Morgan fingerprint density at radius 3 is 2.17 bits per heavy atom. The number of hydrogen-bond acceptors (Lipinski definition) is 2. The van der Waals surface area contributed by atoms with Crippen LogP contribution in [0.3, 0.4) is 0 Å². The van der Waals surface area contributed by atoms with Gasteiger partial charge in [-0.1, -0.05) is 11.6 Å². The molecule has 0 saturated heterocycles. The average molecular weight is 195 g/mol. The predicted molar refractivity (Wildman–Crippen MR) is 49.5 cm³/mol. The van der Waals surface area contributed by atoms with E-state index in [9.17, 15) is 0 Å². The fraction of sp³-hybridized carbons (Fsp3) is 0.625. The van der Waals surface area contributed by atoms with Gasteiger partial charge in [0.15, 0.2) is 0 Å². The molecule has 0 heterocycles. The van der Waals surface area contributed by atoms with E-state index in [0.717, 1.165) is 18.9 Å². The molecule has 0 aromatic carbocycles. The highest BCUT2D eigenvalue weighted by Gasteiger charge is 1.83. The van der Waals surface area contributed by atoms with Gasteiger partial charge >= 0.3 is 0 Å². The van der Waals surface area contributed by atoms with Crippen LogP contribution in [-0.4, -0.2) is 28.7 Å². The lowest BCUT2D eigenvalue weighted by molar-refractivity contribution is -0.134. The second-order valence-electron chi connectivity index (χ2n) is 2.19. The van der Waals surface area contributed by atoms with E-state index in [4.69, 9.17) is 26.6 Å². The van der Waals surface area contributed by atoms with Gasteiger partial charge in [-0.2, -0.15) is 0 Å². The van der Waals surface area contributed by atoms with Gasteiger partial charge in [0.25, 0.3) is 5.97 Å². The zero-order valence-corrected chi connectivity index (χ0v) is 8.14. The topological polar surface area (TPSA) is 57.5 Å². The largest absolute Gasteiger partial charge is 0.481 e. The Hall–Kier alpha value is -0.540. The number of halogens is 1. The van der Waals surface area contributed by atoms with Crippen molar-refractivity contribution in [1.82, 2.24) is 0 Å². The van der Waals surface area contributed by atoms with E-state index in [2.05, 4.69) is 0 Å². The number of carboxylic acid groups (broad SMARTS) is 1. The minimum absolute atomic E-state index is 0.128. The number of alkyl halides is 1. The molecule has 12 heavy (non-hydrogen) atoms. The molecule has 0 radical (unpaired) electrons. The van der Waals surface area contributed by atoms with E-state index in [0.29, 0.717) is 5.88 Å². The van der Waals surface area contributed by atoms with Gasteiger partial charge in [-0.25, -0.2) is 0 Å². The highest BCUT2D eigenvalue weighted by Crippen LogP contribution is 1.99. The number of carboxylic acids is 1. The predicted octanol–water partition coefficient (Wildman–Crippen LogP) is 1.64. The van der Waals surface area contributed by atoms with Gasteiger partial charge in [-0.3, -0.25) is 4.79 Å². The smallest absolute Gasteiger partial charge is 0.300 e. The summed E-state index contributed by atoms with van der Waals surface area (Å²) in [6, 6.07) is 0. The molecule has 0 fully saturated rings. The van der Waals surface area contributed by atoms with Crippen molar-refractivity contribution in [2.75, 3.05) is 12.5 Å². The van der Waals surface area contributed by atoms with E-state index < -0.39 is 5.97 Å². The second kappa shape index (κ2) is 10.5. The minimum atomic E-state index is -0.833. The first kappa shape index (κ1) is 14.0. The van der Waals surface area contributed by atoms with Crippen LogP contribution in [0.1, 0.15) is 20.3 Å². The molecule has 0 aliphatic heterocycles. The summed E-state index contributed by atoms with van der Waals surface area (Å²) in [5.74, 6) is -0.192. The molecule has 4 heteroatoms. The molecule has 0 spiro atoms. The Balaban J connectivity index is 0. The molecule has 2 N–H and O–H groups in total. The molecule has 0 unspecified atom stereocenters. The number of carbonyl (C=O) groups is 1. The quantitative estimate of drug-likeness (QED) is 0.531. The van der Waals surface area contributed by atoms with Gasteiger partial charge in [0.2, 0.25) is 0 Å². The van der Waals surface area contributed by atoms with Gasteiger partial charge in [0, 0.05) is 12.8 Å². The molecule has 0 amide bonds. The minimum Gasteiger partial charge on any atom is -0.481 e. The Morgan fingerprint density at radius 1 is 1.50 bits per heavy atom. The summed E-state index contributed by atoms with van der Waals surface area (Å²) in [6.45, 7) is 3.17. The van der Waals surface area contributed by atoms with Crippen molar-refractivity contribution in [3.63, 3.8) is 0 Å². The summed E-state index contributed by atoms with van der Waals surface area (Å²) >= 11 is 5.41. The lowest BCUT2D eigenvalue weighted by atomic mass is 10.2. The van der Waals surface area contributed by atoms with Crippen LogP contribution in [0.5, 0.6) is 0 Å². The van der Waals surface area contributed by atoms with Gasteiger partial charge < -0.3 is 10.2 Å². The van der Waals surface area contributed by atoms with E-state index in [1.165, 1.54) is 0 Å². The molecule has 0 saturated carbocycles. The summed E-state index contributed by atoms with van der Waals surface area (Å²) in [5, 5.41) is 15.8. The van der Waals surface area contributed by atoms with Crippen molar-refractivity contribution in [2.24, 2.45) is 0 Å². The van der Waals surface area contributed by atoms with Crippen LogP contribution in [0.25, 0.3) is 0 Å². The van der Waals surface area contributed by atoms with Crippen molar-refractivity contribution >= 4 is 17.6 Å². The van der Waals surface area contributed by atoms with Crippen LogP contribution < -0.4 is 0 Å². The fourth-order valence-electron chi connectivity index (χ4n) is 0.407. The van der Waals surface area contributed by atoms with Gasteiger partial charge in [-0.05, 0) is 13.3 Å². The number of aliphatic carboxylic acids is 1. The summed E-state index contributed by atoms with van der Waals surface area (Å²) in [5.41, 5.74) is 1.16. The first-order valence-corrected chi connectivity index (χ1v) is 4.10. The third-order valence-corrected chi connectivity index (χ3v) is 1.12. The number of rotatable bonds is 3. The Bertz CT molecular complexity index is 139. The zero-order valence-electron chi connectivity index (χ0n) is 7.38. The van der Waals surface area contributed by atoms with Crippen molar-refractivity contribution in [3.05, 3.63) is 11.6 Å². The Labute approximate surface area is 77.7 Å². The SMILES string of the molecule is CC(=CCO)CCCl.CC(=O)O. The van der Waals surface area contributed by atoms with Crippen LogP contribution in [0, 0.1) is 0 Å². The lowest BCUT2D eigenvalue weighted by Crippen LogP contribution is -1.81. The monoisotopic (exact) mass is 194 g/mol. The van der Waals surface area contributed by atoms with Gasteiger partial charge in [-0.15, -0.1) is 11.6 Å². The molecular formula is C8H15ClO3. The highest BCUT2D eigenvalue weighted by molar-refractivity contribution is 6.17. The summed E-state index contributed by atoms with van der Waals surface area (Å²) in [4.78, 5) is 9.00. The van der Waals surface area contributed by atoms with Gasteiger partial charge in [0.1, 0.15) is 0 Å². The maximum atomic E-state index is 9.00. The molecular weight excluding hydrogens is 180 g/mol. The fourth-order valence-corrected chi connectivity index (χ4v) is 0.705. The Morgan fingerprint density at radius 2 is 1.92 bits per heavy atom. The average Bonchev–Trinajstić information content (AvgIpc) is 1.87. The number of aliphatic hydroxyl groups excluding tert-OH is 1. The maximum absolute atomic E-state index is 9.00. The lowest BCUT2D eigenvalue weighted by Gasteiger charge is -1.91. The van der Waals surface area contributed by atoms with E-state index in [-0.39, 0.29) is 6.61 Å². The van der Waals surface area contributed by atoms with Crippen LogP contribution in [0.4, 0.5) is 0 Å². The normalized spacial score (nSPS) is 10.2. The molecule has 0 rings (SSSR count). The van der Waals surface area contributed by atoms with Crippen LogP contribution in [0.2, 0.25) is 0 Å². The van der Waals surface area contributed by atoms with E-state index in [1.54, 1.807) is 6.08 Å². The highest BCUT2D eigenvalue weighted by atomic mass is 35.5. The molecule has 0 atom stereocenters. The molecule has 72 valence electrons. The summed E-state index contributed by atoms with van der Waals surface area (Å²) < 4.78 is 0. The standard InChI is InChI=1S/C6H11ClO.C2H4O2/c1-6(2-4-7)3-5-8;1-2(3)4/h3,8H,2,4-5H2,1H3;1H3,(H,3,4). The molecule has 0 bridgehead atoms. The van der Waals surface area contributed by atoms with Gasteiger partial charge in [0.05, 0.1) is 6.61 Å². The number of hydrogen-bond donors (Lipinski definition) is 2. The first-order valence-electron chi connectivity index (χ1n) is 3.56. The van der Waals surface area contributed by atoms with Crippen molar-refractivity contribution in [1.29, 1.82) is 0 Å². The molecule has 0 aliphatic rings. The summed E-state index contributed by atoms with van der Waals surface area (Å²) in [7, 11) is 0. The van der Waals surface area contributed by atoms with Crippen molar-refractivity contribution in [2.45, 2.75) is 20.3 Å². The third kappa shape index (κ3) is 22.7. The third-order valence-electron chi connectivity index (χ3n) is 0.929. The first-order chi connectivity index (χ1) is 5.54. The van der Waals surface area contributed by atoms with Crippen LogP contribution >= 0.6 is 11.6 Å². The number of aliphatic hydroxyl groups is 1. The van der Waals surface area contributed by atoms with Crippen LogP contribution in [-0.2, 0) is 4.79 Å². The number of allylic oxidation sites excluding steroid dienone is 1. The van der Waals surface area contributed by atoms with Crippen LogP contribution in [0.15, 0.2) is 11.6 Å². The van der Waals surface area contributed by atoms with Crippen molar-refractivity contribution in [3.8, 4) is 0 Å². The van der Waals surface area contributed by atoms with E-state index >= 15 is 0 Å². The molecule has 0 aliphatic carbocycles. The van der Waals surface area contributed by atoms with E-state index in [1.807, 2.05) is 6.92 Å². The Kier molecular flexibility index (Phi) is 12.2.